The lowest BCUT2D eigenvalue weighted by Crippen LogP contribution is -2.39. The summed E-state index contributed by atoms with van der Waals surface area (Å²) in [6.07, 6.45) is -1.12. The van der Waals surface area contributed by atoms with Crippen LogP contribution in [0.2, 0.25) is 5.02 Å². The third kappa shape index (κ3) is 4.71. The maximum Gasteiger partial charge on any atom is 0.418 e. The number of alkyl halides is 3. The topological polar surface area (TPSA) is 45.2 Å². The molecule has 1 N–H and O–H groups in total. The first-order valence-corrected chi connectivity index (χ1v) is 9.01. The highest BCUT2D eigenvalue weighted by molar-refractivity contribution is 6.30. The van der Waals surface area contributed by atoms with Gasteiger partial charge in [0.1, 0.15) is 5.69 Å². The second kappa shape index (κ2) is 7.76. The van der Waals surface area contributed by atoms with Gasteiger partial charge in [-0.05, 0) is 49.1 Å². The Labute approximate surface area is 160 Å². The number of hydrogen-bond acceptors (Lipinski definition) is 3. The smallest absolute Gasteiger partial charge is 0.354 e. The van der Waals surface area contributed by atoms with Crippen LogP contribution in [0.5, 0.6) is 0 Å². The number of carbonyl (C=O) groups excluding carboxylic acids is 1. The van der Waals surface area contributed by atoms with Gasteiger partial charge in [-0.2, -0.15) is 13.2 Å². The number of aromatic nitrogens is 1. The van der Waals surface area contributed by atoms with E-state index in [-0.39, 0.29) is 22.3 Å². The molecule has 8 heteroatoms. The zero-order valence-corrected chi connectivity index (χ0v) is 15.4. The molecule has 1 aromatic heterocycles. The average molecular weight is 398 g/mol. The first kappa shape index (κ1) is 19.5. The Bertz CT molecular complexity index is 824. The van der Waals surface area contributed by atoms with Crippen molar-refractivity contribution >= 4 is 28.9 Å². The molecule has 0 spiro atoms. The Balaban J connectivity index is 1.76. The SMILES string of the molecule is CC1CCCN(C(=O)c2ccc(Nc3ccc(Cl)cc3C(F)(F)F)cn2)C1. The Morgan fingerprint density at radius 2 is 2.07 bits per heavy atom. The Hall–Kier alpha value is -2.28. The van der Waals surface area contributed by atoms with Crippen molar-refractivity contribution in [3.05, 3.63) is 52.8 Å². The molecule has 1 aliphatic rings. The van der Waals surface area contributed by atoms with Crippen LogP contribution in [0.15, 0.2) is 36.5 Å². The minimum absolute atomic E-state index is 0.00250. The molecule has 0 aliphatic carbocycles. The molecule has 144 valence electrons. The maximum atomic E-state index is 13.2. The Morgan fingerprint density at radius 1 is 1.30 bits per heavy atom. The van der Waals surface area contributed by atoms with Crippen molar-refractivity contribution in [1.82, 2.24) is 9.88 Å². The summed E-state index contributed by atoms with van der Waals surface area (Å²) < 4.78 is 39.5. The van der Waals surface area contributed by atoms with E-state index in [2.05, 4.69) is 17.2 Å². The molecule has 2 heterocycles. The van der Waals surface area contributed by atoms with Gasteiger partial charge in [0.2, 0.25) is 0 Å². The summed E-state index contributed by atoms with van der Waals surface area (Å²) in [5, 5.41) is 2.70. The predicted molar refractivity (Wildman–Crippen MR) is 98.3 cm³/mol. The van der Waals surface area contributed by atoms with Crippen LogP contribution in [0.4, 0.5) is 24.5 Å². The van der Waals surface area contributed by atoms with Crippen molar-refractivity contribution in [3.63, 3.8) is 0 Å². The van der Waals surface area contributed by atoms with Crippen LogP contribution in [0.1, 0.15) is 35.8 Å². The summed E-state index contributed by atoms with van der Waals surface area (Å²) in [4.78, 5) is 18.4. The van der Waals surface area contributed by atoms with Crippen LogP contribution in [0.3, 0.4) is 0 Å². The van der Waals surface area contributed by atoms with E-state index in [1.54, 1.807) is 11.0 Å². The predicted octanol–water partition coefficient (Wildman–Crippen LogP) is 5.37. The van der Waals surface area contributed by atoms with Crippen molar-refractivity contribution < 1.29 is 18.0 Å². The fraction of sp³-hybridized carbons (Fsp3) is 0.368. The second-order valence-electron chi connectivity index (χ2n) is 6.74. The van der Waals surface area contributed by atoms with Crippen LogP contribution in [-0.2, 0) is 6.18 Å². The molecule has 2 aromatic rings. The van der Waals surface area contributed by atoms with Crippen LogP contribution in [-0.4, -0.2) is 28.9 Å². The van der Waals surface area contributed by atoms with Gasteiger partial charge in [0.15, 0.2) is 0 Å². The maximum absolute atomic E-state index is 13.2. The zero-order valence-electron chi connectivity index (χ0n) is 14.7. The molecule has 1 unspecified atom stereocenters. The number of likely N-dealkylation sites (tertiary alicyclic amines) is 1. The molecule has 1 aliphatic heterocycles. The molecule has 0 bridgehead atoms. The zero-order chi connectivity index (χ0) is 19.6. The number of piperidine rings is 1. The molecule has 1 atom stereocenters. The van der Waals surface area contributed by atoms with Crippen LogP contribution in [0, 0.1) is 5.92 Å². The van der Waals surface area contributed by atoms with Gasteiger partial charge < -0.3 is 10.2 Å². The van der Waals surface area contributed by atoms with Crippen LogP contribution < -0.4 is 5.32 Å². The van der Waals surface area contributed by atoms with Crippen molar-refractivity contribution in [2.24, 2.45) is 5.92 Å². The quantitative estimate of drug-likeness (QED) is 0.757. The lowest BCUT2D eigenvalue weighted by Gasteiger charge is -2.30. The van der Waals surface area contributed by atoms with Gasteiger partial charge in [-0.3, -0.25) is 4.79 Å². The number of benzene rings is 1. The number of nitrogens with zero attached hydrogens (tertiary/aromatic N) is 2. The number of amides is 1. The largest absolute Gasteiger partial charge is 0.418 e. The highest BCUT2D eigenvalue weighted by Crippen LogP contribution is 2.37. The summed E-state index contributed by atoms with van der Waals surface area (Å²) in [6, 6.07) is 6.57. The van der Waals surface area contributed by atoms with Gasteiger partial charge in [-0.15, -0.1) is 0 Å². The van der Waals surface area contributed by atoms with Crippen molar-refractivity contribution in [2.45, 2.75) is 25.9 Å². The first-order valence-electron chi connectivity index (χ1n) is 8.63. The summed E-state index contributed by atoms with van der Waals surface area (Å²) in [6.45, 7) is 3.50. The highest BCUT2D eigenvalue weighted by Gasteiger charge is 2.34. The minimum atomic E-state index is -4.54. The Morgan fingerprint density at radius 3 is 2.70 bits per heavy atom. The van der Waals surface area contributed by atoms with Gasteiger partial charge in [0, 0.05) is 18.1 Å². The third-order valence-electron chi connectivity index (χ3n) is 4.49. The van der Waals surface area contributed by atoms with Gasteiger partial charge in [0.05, 0.1) is 23.1 Å². The molecule has 27 heavy (non-hydrogen) atoms. The fourth-order valence-electron chi connectivity index (χ4n) is 3.15. The molecule has 1 aromatic carbocycles. The second-order valence-corrected chi connectivity index (χ2v) is 7.18. The van der Waals surface area contributed by atoms with E-state index < -0.39 is 11.7 Å². The van der Waals surface area contributed by atoms with Crippen LogP contribution >= 0.6 is 11.6 Å². The number of carbonyl (C=O) groups is 1. The third-order valence-corrected chi connectivity index (χ3v) is 4.73. The average Bonchev–Trinajstić information content (AvgIpc) is 2.62. The van der Waals surface area contributed by atoms with E-state index in [0.717, 1.165) is 18.9 Å². The lowest BCUT2D eigenvalue weighted by atomic mass is 10.00. The summed E-state index contributed by atoms with van der Waals surface area (Å²) in [5.41, 5.74) is -0.358. The normalized spacial score (nSPS) is 17.7. The van der Waals surface area contributed by atoms with E-state index in [4.69, 9.17) is 11.6 Å². The van der Waals surface area contributed by atoms with Gasteiger partial charge in [-0.25, -0.2) is 4.98 Å². The van der Waals surface area contributed by atoms with E-state index in [1.165, 1.54) is 24.4 Å². The van der Waals surface area contributed by atoms with Crippen molar-refractivity contribution in [1.29, 1.82) is 0 Å². The summed E-state index contributed by atoms with van der Waals surface area (Å²) >= 11 is 5.68. The van der Waals surface area contributed by atoms with E-state index in [1.807, 2.05) is 0 Å². The number of pyridine rings is 1. The number of nitrogens with one attached hydrogen (secondary N) is 1. The first-order chi connectivity index (χ1) is 12.7. The van der Waals surface area contributed by atoms with E-state index >= 15 is 0 Å². The van der Waals surface area contributed by atoms with Crippen molar-refractivity contribution in [3.8, 4) is 0 Å². The van der Waals surface area contributed by atoms with Crippen molar-refractivity contribution in [2.75, 3.05) is 18.4 Å². The molecule has 0 saturated carbocycles. The molecular formula is C19H19ClF3N3O. The fourth-order valence-corrected chi connectivity index (χ4v) is 3.32. The van der Waals surface area contributed by atoms with E-state index in [9.17, 15) is 18.0 Å². The molecule has 3 rings (SSSR count). The number of anilines is 2. The van der Waals surface area contributed by atoms with E-state index in [0.29, 0.717) is 24.7 Å². The number of rotatable bonds is 3. The number of halogens is 4. The molecule has 0 radical (unpaired) electrons. The number of hydrogen-bond donors (Lipinski definition) is 1. The molecule has 4 nitrogen and oxygen atoms in total. The van der Waals surface area contributed by atoms with Gasteiger partial charge in [0.25, 0.3) is 5.91 Å². The van der Waals surface area contributed by atoms with Crippen LogP contribution in [0.25, 0.3) is 0 Å². The molecule has 1 fully saturated rings. The molecule has 1 amide bonds. The summed E-state index contributed by atoms with van der Waals surface area (Å²) in [7, 11) is 0. The standard InChI is InChI=1S/C19H19ClF3N3O/c1-12-3-2-8-26(11-12)18(27)17-7-5-14(10-24-17)25-16-6-4-13(20)9-15(16)19(21,22)23/h4-7,9-10,12,25H,2-3,8,11H2,1H3. The highest BCUT2D eigenvalue weighted by atomic mass is 35.5. The molecule has 1 saturated heterocycles. The monoisotopic (exact) mass is 397 g/mol. The summed E-state index contributed by atoms with van der Waals surface area (Å²) in [5.74, 6) is 0.296. The Kier molecular flexibility index (Phi) is 5.60. The van der Waals surface area contributed by atoms with Gasteiger partial charge >= 0.3 is 6.18 Å². The van der Waals surface area contributed by atoms with Gasteiger partial charge in [-0.1, -0.05) is 18.5 Å². The minimum Gasteiger partial charge on any atom is -0.354 e. The lowest BCUT2D eigenvalue weighted by molar-refractivity contribution is -0.136. The molecular weight excluding hydrogens is 379 g/mol.